The zero-order chi connectivity index (χ0) is 15.2. The molecule has 0 aromatic carbocycles. The van der Waals surface area contributed by atoms with Crippen LogP contribution in [-0.4, -0.2) is 38.6 Å². The largest absolute Gasteiger partial charge is 0.489 e. The summed E-state index contributed by atoms with van der Waals surface area (Å²) in [6.45, 7) is -5.08. The molecule has 0 fully saturated rings. The van der Waals surface area contributed by atoms with Crippen LogP contribution in [0.4, 0.5) is 34.6 Å². The van der Waals surface area contributed by atoms with Gasteiger partial charge in [-0.15, -0.1) is 0 Å². The molecule has 110 valence electrons. The van der Waals surface area contributed by atoms with Gasteiger partial charge in [0.15, 0.2) is 0 Å². The van der Waals surface area contributed by atoms with Gasteiger partial charge in [-0.3, -0.25) is 0 Å². The lowest BCUT2D eigenvalue weighted by molar-refractivity contribution is -0.254. The average molecular weight is 331 g/mol. The third kappa shape index (κ3) is 2.82. The van der Waals surface area contributed by atoms with Crippen molar-refractivity contribution in [3.05, 3.63) is 0 Å². The van der Waals surface area contributed by atoms with Crippen molar-refractivity contribution in [1.82, 2.24) is 4.31 Å². The summed E-state index contributed by atoms with van der Waals surface area (Å²) in [6, 6.07) is 0. The van der Waals surface area contributed by atoms with E-state index in [1.807, 2.05) is 0 Å². The van der Waals surface area contributed by atoms with E-state index in [-0.39, 0.29) is 0 Å². The summed E-state index contributed by atoms with van der Waals surface area (Å²) >= 11 is 0. The highest BCUT2D eigenvalue weighted by Gasteiger charge is 2.68. The Kier molecular flexibility index (Phi) is 4.27. The Balaban J connectivity index is 6.09. The summed E-state index contributed by atoms with van der Waals surface area (Å²) in [7, 11) is -14.9. The second-order valence-corrected chi connectivity index (χ2v) is 5.95. The molecule has 18 heavy (non-hydrogen) atoms. The lowest BCUT2D eigenvalue weighted by Crippen LogP contribution is -2.54. The van der Waals surface area contributed by atoms with Gasteiger partial charge in [-0.25, -0.2) is 8.42 Å². The Hall–Kier alpha value is -0.700. The predicted molar refractivity (Wildman–Crippen MR) is 37.8 cm³/mol. The van der Waals surface area contributed by atoms with Gasteiger partial charge in [0.1, 0.15) is 0 Å². The van der Waals surface area contributed by atoms with Gasteiger partial charge in [-0.05, 0) is 4.31 Å². The van der Waals surface area contributed by atoms with E-state index in [9.17, 15) is 51.5 Å². The zero-order valence-corrected chi connectivity index (χ0v) is 9.13. The number of sulfonamides is 1. The van der Waals surface area contributed by atoms with Crippen LogP contribution in [0.5, 0.6) is 0 Å². The summed E-state index contributed by atoms with van der Waals surface area (Å²) in [5.74, 6) is 0. The summed E-state index contributed by atoms with van der Waals surface area (Å²) < 4.78 is 126. The van der Waals surface area contributed by atoms with Gasteiger partial charge in [0.2, 0.25) is 0 Å². The van der Waals surface area contributed by atoms with Crippen molar-refractivity contribution in [2.24, 2.45) is 0 Å². The highest BCUT2D eigenvalue weighted by molar-refractivity contribution is 8.06. The van der Waals surface area contributed by atoms with Crippen molar-refractivity contribution >= 4 is 20.2 Å². The van der Waals surface area contributed by atoms with E-state index in [2.05, 4.69) is 0 Å². The highest BCUT2D eigenvalue weighted by atomic mass is 32.3. The van der Waals surface area contributed by atoms with Crippen molar-refractivity contribution in [3.63, 3.8) is 0 Å². The normalized spacial score (nSPS) is 15.4. The molecule has 15 heteroatoms. The van der Waals surface area contributed by atoms with E-state index in [1.54, 1.807) is 0 Å². The SMILES string of the molecule is O=S(=O)(F)C(F)(F)S(=O)(=O)N(C(F)F)C(F)(F)F. The third-order valence-corrected chi connectivity index (χ3v) is 4.55. The summed E-state index contributed by atoms with van der Waals surface area (Å²) in [5.41, 5.74) is 0. The minimum atomic E-state index is -7.55. The first kappa shape index (κ1) is 17.3. The molecule has 0 saturated carbocycles. The maximum absolute atomic E-state index is 12.4. The van der Waals surface area contributed by atoms with E-state index < -0.39 is 42.0 Å². The molecule has 0 rings (SSSR count). The maximum Gasteiger partial charge on any atom is 0.489 e. The summed E-state index contributed by atoms with van der Waals surface area (Å²) in [5, 5.41) is 0. The first-order valence-corrected chi connectivity index (χ1v) is 6.10. The first-order valence-electron chi connectivity index (χ1n) is 3.27. The van der Waals surface area contributed by atoms with E-state index in [0.29, 0.717) is 0 Å². The van der Waals surface area contributed by atoms with E-state index in [0.717, 1.165) is 0 Å². The van der Waals surface area contributed by atoms with Gasteiger partial charge < -0.3 is 0 Å². The van der Waals surface area contributed by atoms with Gasteiger partial charge >= 0.3 is 37.7 Å². The van der Waals surface area contributed by atoms with Gasteiger partial charge in [-0.2, -0.15) is 39.2 Å². The van der Waals surface area contributed by atoms with Gasteiger partial charge in [-0.1, -0.05) is 3.89 Å². The Labute approximate surface area is 94.2 Å². The van der Waals surface area contributed by atoms with Crippen LogP contribution in [0, 0.1) is 0 Å². The fourth-order valence-electron chi connectivity index (χ4n) is 0.592. The Morgan fingerprint density at radius 2 is 1.22 bits per heavy atom. The van der Waals surface area contributed by atoms with E-state index >= 15 is 0 Å². The Bertz CT molecular complexity index is 505. The van der Waals surface area contributed by atoms with Crippen molar-refractivity contribution in [2.75, 3.05) is 0 Å². The number of alkyl halides is 7. The lowest BCUT2D eigenvalue weighted by Gasteiger charge is -2.25. The number of hydrogen-bond donors (Lipinski definition) is 0. The predicted octanol–water partition coefficient (Wildman–Crippen LogP) is 1.21. The van der Waals surface area contributed by atoms with Crippen molar-refractivity contribution < 1.29 is 51.5 Å². The van der Waals surface area contributed by atoms with Crippen molar-refractivity contribution in [3.8, 4) is 0 Å². The molecular weight excluding hydrogens is 330 g/mol. The molecule has 0 spiro atoms. The monoisotopic (exact) mass is 331 g/mol. The molecule has 0 aromatic rings. The van der Waals surface area contributed by atoms with Crippen molar-refractivity contribution in [2.45, 2.75) is 17.4 Å². The number of halogens is 8. The van der Waals surface area contributed by atoms with Crippen LogP contribution in [0.2, 0.25) is 0 Å². The topological polar surface area (TPSA) is 71.5 Å². The molecule has 0 aromatic heterocycles. The van der Waals surface area contributed by atoms with Crippen molar-refractivity contribution in [1.29, 1.82) is 0 Å². The molecule has 5 nitrogen and oxygen atoms in total. The van der Waals surface area contributed by atoms with Crippen LogP contribution in [0.3, 0.4) is 0 Å². The van der Waals surface area contributed by atoms with Crippen LogP contribution in [-0.2, 0) is 20.2 Å². The van der Waals surface area contributed by atoms with E-state index in [4.69, 9.17) is 0 Å². The van der Waals surface area contributed by atoms with Crippen LogP contribution >= 0.6 is 0 Å². The third-order valence-electron chi connectivity index (χ3n) is 1.27. The van der Waals surface area contributed by atoms with Crippen LogP contribution in [0.25, 0.3) is 0 Å². The maximum atomic E-state index is 12.4. The molecule has 0 atom stereocenters. The van der Waals surface area contributed by atoms with Crippen LogP contribution in [0.1, 0.15) is 0 Å². The zero-order valence-electron chi connectivity index (χ0n) is 7.50. The molecule has 0 unspecified atom stereocenters. The minimum absolute atomic E-state index is 3.06. The number of hydrogen-bond acceptors (Lipinski definition) is 4. The standard InChI is InChI=1S/C3HF8NO4S2/c4-1(5)12(2(6,7)8)18(15,16)3(9,10)17(11,13)14/h1H. The second kappa shape index (κ2) is 4.44. The fourth-order valence-corrected chi connectivity index (χ4v) is 2.55. The highest BCUT2D eigenvalue weighted by Crippen LogP contribution is 2.39. The van der Waals surface area contributed by atoms with Gasteiger partial charge in [0.25, 0.3) is 0 Å². The summed E-state index contributed by atoms with van der Waals surface area (Å²) in [6.07, 6.45) is -6.57. The summed E-state index contributed by atoms with van der Waals surface area (Å²) in [4.78, 5) is 0. The quantitative estimate of drug-likeness (QED) is 0.441. The first-order chi connectivity index (χ1) is 7.57. The second-order valence-electron chi connectivity index (χ2n) is 2.45. The molecule has 0 aliphatic rings. The van der Waals surface area contributed by atoms with Gasteiger partial charge in [0, 0.05) is 0 Å². The number of nitrogens with zero attached hydrogens (tertiary/aromatic N) is 1. The smallest absolute Gasteiger partial charge is 0.204 e. The number of rotatable bonds is 4. The Morgan fingerprint density at radius 1 is 0.889 bits per heavy atom. The fraction of sp³-hybridized carbons (Fsp3) is 1.00. The van der Waals surface area contributed by atoms with Crippen LogP contribution < -0.4 is 0 Å². The molecule has 0 radical (unpaired) electrons. The van der Waals surface area contributed by atoms with E-state index in [1.165, 1.54) is 0 Å². The molecule has 0 N–H and O–H groups in total. The Morgan fingerprint density at radius 3 is 1.39 bits per heavy atom. The lowest BCUT2D eigenvalue weighted by atomic mass is 11.0. The molecule has 0 bridgehead atoms. The molecule has 0 aliphatic heterocycles. The molecule has 0 aliphatic carbocycles. The van der Waals surface area contributed by atoms with Gasteiger partial charge in [0.05, 0.1) is 0 Å². The average Bonchev–Trinajstić information content (AvgIpc) is 1.95. The van der Waals surface area contributed by atoms with Crippen LogP contribution in [0.15, 0.2) is 0 Å². The minimum Gasteiger partial charge on any atom is -0.204 e. The molecular formula is C3HF8NO4S2. The molecule has 0 heterocycles. The molecule has 0 amide bonds. The molecule has 0 saturated heterocycles.